The second kappa shape index (κ2) is 8.47. The molecule has 0 bridgehead atoms. The summed E-state index contributed by atoms with van der Waals surface area (Å²) in [6, 6.07) is 10.7. The van der Waals surface area contributed by atoms with Crippen LogP contribution in [0.2, 0.25) is 0 Å². The molecule has 1 N–H and O–H groups in total. The molecular weight excluding hydrogens is 440 g/mol. The SMILES string of the molecule is CC(=O)OC[C@H]1C[C@@H](OC(C)=O)CC[C@]1(C)[C@H]1CC[C@]2(C)C(c3ccccc3)=CC[C@]23CC13CO. The number of benzene rings is 1. The molecule has 4 aliphatic carbocycles. The minimum Gasteiger partial charge on any atom is -0.466 e. The Morgan fingerprint density at radius 3 is 2.46 bits per heavy atom. The van der Waals surface area contributed by atoms with Gasteiger partial charge in [0.25, 0.3) is 0 Å². The molecule has 0 aromatic heterocycles. The van der Waals surface area contributed by atoms with Crippen LogP contribution in [0, 0.1) is 33.5 Å². The third-order valence-corrected chi connectivity index (χ3v) is 10.8. The van der Waals surface area contributed by atoms with Gasteiger partial charge in [-0.3, -0.25) is 9.59 Å². The molecule has 35 heavy (non-hydrogen) atoms. The first kappa shape index (κ1) is 24.5. The van der Waals surface area contributed by atoms with Gasteiger partial charge >= 0.3 is 11.9 Å². The Kier molecular flexibility index (Phi) is 5.94. The van der Waals surface area contributed by atoms with Crippen molar-refractivity contribution in [1.82, 2.24) is 0 Å². The van der Waals surface area contributed by atoms with Gasteiger partial charge in [0.05, 0.1) is 6.61 Å². The molecule has 1 aromatic rings. The number of aliphatic hydroxyl groups is 1. The summed E-state index contributed by atoms with van der Waals surface area (Å²) < 4.78 is 11.2. The van der Waals surface area contributed by atoms with Crippen molar-refractivity contribution in [2.45, 2.75) is 78.7 Å². The lowest BCUT2D eigenvalue weighted by atomic mass is 9.49. The second-order valence-electron chi connectivity index (χ2n) is 12.2. The zero-order valence-electron chi connectivity index (χ0n) is 21.6. The molecule has 0 aliphatic heterocycles. The quantitative estimate of drug-likeness (QED) is 0.540. The van der Waals surface area contributed by atoms with Crippen LogP contribution >= 0.6 is 0 Å². The number of aliphatic hydroxyl groups excluding tert-OH is 1. The Morgan fingerprint density at radius 2 is 1.80 bits per heavy atom. The van der Waals surface area contributed by atoms with Gasteiger partial charge in [0, 0.05) is 31.8 Å². The molecule has 1 aromatic carbocycles. The molecule has 3 saturated carbocycles. The molecule has 4 aliphatic rings. The van der Waals surface area contributed by atoms with Gasteiger partial charge in [-0.05, 0) is 78.2 Å². The summed E-state index contributed by atoms with van der Waals surface area (Å²) in [5, 5.41) is 11.0. The van der Waals surface area contributed by atoms with E-state index >= 15 is 0 Å². The fourth-order valence-electron chi connectivity index (χ4n) is 9.03. The van der Waals surface area contributed by atoms with Crippen molar-refractivity contribution in [1.29, 1.82) is 0 Å². The number of esters is 2. The second-order valence-corrected chi connectivity index (χ2v) is 12.2. The maximum atomic E-state index is 11.7. The summed E-state index contributed by atoms with van der Waals surface area (Å²) in [6.07, 6.45) is 8.98. The van der Waals surface area contributed by atoms with Gasteiger partial charge in [0.1, 0.15) is 6.10 Å². The van der Waals surface area contributed by atoms with Gasteiger partial charge in [-0.25, -0.2) is 0 Å². The van der Waals surface area contributed by atoms with Crippen LogP contribution in [0.5, 0.6) is 0 Å². The molecule has 7 atom stereocenters. The van der Waals surface area contributed by atoms with Crippen molar-refractivity contribution < 1.29 is 24.2 Å². The first-order chi connectivity index (χ1) is 16.6. The summed E-state index contributed by atoms with van der Waals surface area (Å²) in [6.45, 7) is 8.25. The van der Waals surface area contributed by atoms with Crippen molar-refractivity contribution in [2.24, 2.45) is 33.5 Å². The standard InChI is InChI=1S/C30H40O5/c1-20(32)34-17-23-16-24(35-21(2)33)10-13-27(23,3)26-12-14-28(4)25(22-8-6-5-7-9-22)11-15-30(28)18-29(26,30)19-31/h5-9,11,23-24,26,31H,10,12-19H2,1-4H3/t23-,24+,26-,27+,28-,29?,30+/m1/s1. The van der Waals surface area contributed by atoms with Gasteiger partial charge in [0.2, 0.25) is 0 Å². The van der Waals surface area contributed by atoms with Gasteiger partial charge in [-0.2, -0.15) is 0 Å². The van der Waals surface area contributed by atoms with E-state index in [4.69, 9.17) is 9.47 Å². The van der Waals surface area contributed by atoms with E-state index in [-0.39, 0.29) is 52.2 Å². The summed E-state index contributed by atoms with van der Waals surface area (Å²) >= 11 is 0. The van der Waals surface area contributed by atoms with Crippen molar-refractivity contribution in [3.05, 3.63) is 42.0 Å². The van der Waals surface area contributed by atoms with E-state index in [2.05, 4.69) is 50.3 Å². The number of carbonyl (C=O) groups excluding carboxylic acids is 2. The van der Waals surface area contributed by atoms with Crippen LogP contribution in [0.25, 0.3) is 5.57 Å². The zero-order chi connectivity index (χ0) is 25.1. The van der Waals surface area contributed by atoms with Gasteiger partial charge in [-0.15, -0.1) is 0 Å². The van der Waals surface area contributed by atoms with Crippen LogP contribution in [-0.2, 0) is 19.1 Å². The predicted octanol–water partition coefficient (Wildman–Crippen LogP) is 5.56. The van der Waals surface area contributed by atoms with Crippen LogP contribution in [0.15, 0.2) is 36.4 Å². The summed E-state index contributed by atoms with van der Waals surface area (Å²) in [7, 11) is 0. The predicted molar refractivity (Wildman–Crippen MR) is 134 cm³/mol. The number of ether oxygens (including phenoxy) is 2. The largest absolute Gasteiger partial charge is 0.466 e. The average Bonchev–Trinajstić information content (AvgIpc) is 3.42. The van der Waals surface area contributed by atoms with Crippen LogP contribution in [0.3, 0.4) is 0 Å². The zero-order valence-corrected chi connectivity index (χ0v) is 21.6. The van der Waals surface area contributed by atoms with E-state index in [1.165, 1.54) is 25.0 Å². The fraction of sp³-hybridized carbons (Fsp3) is 0.667. The molecule has 5 heteroatoms. The maximum Gasteiger partial charge on any atom is 0.302 e. The number of rotatable bonds is 6. The Labute approximate surface area is 209 Å². The first-order valence-electron chi connectivity index (χ1n) is 13.3. The highest BCUT2D eigenvalue weighted by atomic mass is 16.5. The molecule has 190 valence electrons. The molecule has 1 spiro atoms. The highest BCUT2D eigenvalue weighted by Crippen LogP contribution is 2.87. The molecular formula is C30H40O5. The summed E-state index contributed by atoms with van der Waals surface area (Å²) in [5.74, 6) is -0.0829. The van der Waals surface area contributed by atoms with E-state index < -0.39 is 0 Å². The average molecular weight is 481 g/mol. The smallest absolute Gasteiger partial charge is 0.302 e. The Morgan fingerprint density at radius 1 is 1.06 bits per heavy atom. The van der Waals surface area contributed by atoms with Crippen LogP contribution in [0.1, 0.15) is 78.2 Å². The van der Waals surface area contributed by atoms with Crippen molar-refractivity contribution in [3.8, 4) is 0 Å². The minimum atomic E-state index is -0.273. The Hall–Kier alpha value is -2.14. The third kappa shape index (κ3) is 3.52. The van der Waals surface area contributed by atoms with Gasteiger partial charge in [0.15, 0.2) is 0 Å². The lowest BCUT2D eigenvalue weighted by Gasteiger charge is -2.56. The maximum absolute atomic E-state index is 11.7. The van der Waals surface area contributed by atoms with Gasteiger partial charge in [-0.1, -0.05) is 50.3 Å². The van der Waals surface area contributed by atoms with Crippen LogP contribution in [0.4, 0.5) is 0 Å². The molecule has 3 fully saturated rings. The number of allylic oxidation sites excluding steroid dienone is 2. The normalized spacial score (nSPS) is 41.9. The molecule has 0 saturated heterocycles. The highest BCUT2D eigenvalue weighted by Gasteiger charge is 2.81. The minimum absolute atomic E-state index is 0.0598. The molecule has 1 unspecified atom stereocenters. The summed E-state index contributed by atoms with van der Waals surface area (Å²) in [5.41, 5.74) is 2.70. The van der Waals surface area contributed by atoms with Gasteiger partial charge < -0.3 is 14.6 Å². The lowest BCUT2D eigenvalue weighted by molar-refractivity contribution is -0.162. The number of carbonyl (C=O) groups is 2. The fourth-order valence-corrected chi connectivity index (χ4v) is 9.03. The first-order valence-corrected chi connectivity index (χ1v) is 13.3. The highest BCUT2D eigenvalue weighted by molar-refractivity contribution is 5.75. The number of hydrogen-bond donors (Lipinski definition) is 1. The van der Waals surface area contributed by atoms with E-state index in [9.17, 15) is 14.7 Å². The Bertz CT molecular complexity index is 1030. The van der Waals surface area contributed by atoms with E-state index in [0.29, 0.717) is 18.9 Å². The molecule has 5 nitrogen and oxygen atoms in total. The molecule has 0 radical (unpaired) electrons. The number of hydrogen-bond acceptors (Lipinski definition) is 5. The van der Waals surface area contributed by atoms with Crippen molar-refractivity contribution in [3.63, 3.8) is 0 Å². The van der Waals surface area contributed by atoms with Crippen LogP contribution < -0.4 is 0 Å². The summed E-state index contributed by atoms with van der Waals surface area (Å²) in [4.78, 5) is 23.4. The molecule has 0 amide bonds. The van der Waals surface area contributed by atoms with E-state index in [1.54, 1.807) is 0 Å². The van der Waals surface area contributed by atoms with E-state index in [1.807, 2.05) is 0 Å². The molecule has 5 rings (SSSR count). The monoisotopic (exact) mass is 480 g/mol. The molecule has 0 heterocycles. The van der Waals surface area contributed by atoms with Crippen LogP contribution in [-0.4, -0.2) is 36.4 Å². The van der Waals surface area contributed by atoms with Crippen molar-refractivity contribution >= 4 is 17.5 Å². The lowest BCUT2D eigenvalue weighted by Crippen LogP contribution is -2.52. The third-order valence-electron chi connectivity index (χ3n) is 10.8. The van der Waals surface area contributed by atoms with Crippen molar-refractivity contribution in [2.75, 3.05) is 13.2 Å². The Balaban J connectivity index is 1.46. The topological polar surface area (TPSA) is 72.8 Å². The van der Waals surface area contributed by atoms with E-state index in [0.717, 1.165) is 38.5 Å².